The van der Waals surface area contributed by atoms with E-state index in [1.165, 1.54) is 26.0 Å². The number of carbonyl (C=O) groups excluding carboxylic acids is 2. The number of hydrogen-bond acceptors (Lipinski definition) is 9. The maximum absolute atomic E-state index is 13.7. The number of esters is 2. The van der Waals surface area contributed by atoms with Gasteiger partial charge in [-0.15, -0.1) is 0 Å². The van der Waals surface area contributed by atoms with Crippen molar-refractivity contribution in [1.82, 2.24) is 4.90 Å². The van der Waals surface area contributed by atoms with Gasteiger partial charge in [-0.25, -0.2) is 16.8 Å². The molecule has 0 spiro atoms. The number of carbonyl (C=O) groups is 2. The zero-order valence-electron chi connectivity index (χ0n) is 19.5. The van der Waals surface area contributed by atoms with E-state index in [0.717, 1.165) is 0 Å². The van der Waals surface area contributed by atoms with Crippen LogP contribution in [-0.2, 0) is 38.7 Å². The molecule has 0 bridgehead atoms. The summed E-state index contributed by atoms with van der Waals surface area (Å²) in [5.74, 6) is -3.62. The lowest BCUT2D eigenvalue weighted by atomic mass is 9.91. The van der Waals surface area contributed by atoms with Crippen LogP contribution >= 0.6 is 0 Å². The van der Waals surface area contributed by atoms with Crippen molar-refractivity contribution in [2.45, 2.75) is 55.1 Å². The van der Waals surface area contributed by atoms with E-state index in [1.54, 1.807) is 18.2 Å². The highest BCUT2D eigenvalue weighted by Gasteiger charge is 2.63. The number of rotatable bonds is 10. The van der Waals surface area contributed by atoms with E-state index < -0.39 is 52.6 Å². The molecule has 1 saturated heterocycles. The molecular formula is C22H33NO8S2. The fourth-order valence-electron chi connectivity index (χ4n) is 4.27. The molecule has 2 atom stereocenters. The van der Waals surface area contributed by atoms with Crippen LogP contribution in [0, 0.1) is 0 Å². The molecule has 186 valence electrons. The molecule has 0 N–H and O–H groups in total. The summed E-state index contributed by atoms with van der Waals surface area (Å²) >= 11 is 0. The van der Waals surface area contributed by atoms with Gasteiger partial charge in [0.05, 0.1) is 13.2 Å². The third-order valence-electron chi connectivity index (χ3n) is 5.89. The number of ether oxygens (including phenoxy) is 2. The van der Waals surface area contributed by atoms with Crippen LogP contribution in [0.25, 0.3) is 0 Å². The van der Waals surface area contributed by atoms with Crippen LogP contribution in [0.3, 0.4) is 0 Å². The molecule has 0 radical (unpaired) electrons. The Morgan fingerprint density at radius 2 is 1.27 bits per heavy atom. The first-order valence-corrected chi connectivity index (χ1v) is 14.4. The van der Waals surface area contributed by atoms with Crippen molar-refractivity contribution < 1.29 is 35.9 Å². The lowest BCUT2D eigenvalue weighted by molar-refractivity contribution is -0.145. The van der Waals surface area contributed by atoms with Crippen molar-refractivity contribution in [3.05, 3.63) is 35.9 Å². The van der Waals surface area contributed by atoms with Crippen LogP contribution in [0.5, 0.6) is 0 Å². The number of hydrogen-bond donors (Lipinski definition) is 0. The van der Waals surface area contributed by atoms with Crippen molar-refractivity contribution in [1.29, 1.82) is 0 Å². The standard InChI is InChI=1S/C22H33NO8S2/c1-5-23(6-2)15-14-17-32(26,27)19(21(24)30-7-3)18(16-12-10-9-11-13-16)20(33(17,28)29)22(25)31-8-4/h9-13,17-20H,5-8,14-15H2,1-4H3/t17?,18?,19-,20-/m0/s1. The van der Waals surface area contributed by atoms with Crippen molar-refractivity contribution in [2.75, 3.05) is 32.8 Å². The second-order valence-electron chi connectivity index (χ2n) is 7.70. The summed E-state index contributed by atoms with van der Waals surface area (Å²) in [6.07, 6.45) is -0.264. The minimum Gasteiger partial charge on any atom is -0.465 e. The van der Waals surface area contributed by atoms with Crippen molar-refractivity contribution in [3.8, 4) is 0 Å². The monoisotopic (exact) mass is 503 g/mol. The molecule has 0 unspecified atom stereocenters. The SMILES string of the molecule is CCOC(=O)[C@@H]1C(c2ccccc2)[C@@H](C(=O)OCC)S(=O)(=O)C(CCN(CC)CC)S1(=O)=O. The fraction of sp³-hybridized carbons (Fsp3) is 0.636. The molecule has 1 aromatic carbocycles. The molecule has 1 heterocycles. The minimum atomic E-state index is -4.58. The first-order valence-electron chi connectivity index (χ1n) is 11.1. The fourth-order valence-corrected chi connectivity index (χ4v) is 10.2. The van der Waals surface area contributed by atoms with E-state index >= 15 is 0 Å². The summed E-state index contributed by atoms with van der Waals surface area (Å²) in [5.41, 5.74) is 0.239. The van der Waals surface area contributed by atoms with Crippen molar-refractivity contribution >= 4 is 31.6 Å². The van der Waals surface area contributed by atoms with Gasteiger partial charge in [-0.3, -0.25) is 9.59 Å². The average molecular weight is 504 g/mol. The predicted molar refractivity (Wildman–Crippen MR) is 124 cm³/mol. The Labute approximate surface area is 196 Å². The lowest BCUT2D eigenvalue weighted by Crippen LogP contribution is -2.60. The Kier molecular flexibility index (Phi) is 9.45. The molecule has 33 heavy (non-hydrogen) atoms. The minimum absolute atomic E-state index is 0.0900. The van der Waals surface area contributed by atoms with Gasteiger partial charge in [-0.05, 0) is 38.9 Å². The van der Waals surface area contributed by atoms with Gasteiger partial charge in [0.25, 0.3) is 0 Å². The molecule has 2 rings (SSSR count). The van der Waals surface area contributed by atoms with Gasteiger partial charge >= 0.3 is 11.9 Å². The molecule has 11 heteroatoms. The van der Waals surface area contributed by atoms with E-state index in [1.807, 2.05) is 18.7 Å². The van der Waals surface area contributed by atoms with E-state index in [-0.39, 0.29) is 31.7 Å². The van der Waals surface area contributed by atoms with Gasteiger partial charge in [0.1, 0.15) is 0 Å². The van der Waals surface area contributed by atoms with Gasteiger partial charge < -0.3 is 14.4 Å². The molecule has 1 aromatic rings. The van der Waals surface area contributed by atoms with Crippen molar-refractivity contribution in [3.63, 3.8) is 0 Å². The van der Waals surface area contributed by atoms with E-state index in [0.29, 0.717) is 13.1 Å². The topological polar surface area (TPSA) is 124 Å². The highest BCUT2D eigenvalue weighted by molar-refractivity contribution is 8.11. The Morgan fingerprint density at radius 1 is 0.818 bits per heavy atom. The highest BCUT2D eigenvalue weighted by atomic mass is 32.3. The average Bonchev–Trinajstić information content (AvgIpc) is 2.76. The molecule has 0 aliphatic carbocycles. The molecule has 0 saturated carbocycles. The van der Waals surface area contributed by atoms with E-state index in [2.05, 4.69) is 0 Å². The van der Waals surface area contributed by atoms with Gasteiger partial charge in [0.2, 0.25) is 0 Å². The first-order chi connectivity index (χ1) is 15.6. The highest BCUT2D eigenvalue weighted by Crippen LogP contribution is 2.43. The quantitative estimate of drug-likeness (QED) is 0.437. The van der Waals surface area contributed by atoms with Gasteiger partial charge in [0.15, 0.2) is 34.8 Å². The molecule has 1 aliphatic rings. The van der Waals surface area contributed by atoms with Gasteiger partial charge in [-0.2, -0.15) is 0 Å². The van der Waals surface area contributed by atoms with E-state index in [9.17, 15) is 26.4 Å². The summed E-state index contributed by atoms with van der Waals surface area (Å²) in [6.45, 7) is 8.00. The molecular weight excluding hydrogens is 470 g/mol. The summed E-state index contributed by atoms with van der Waals surface area (Å²) in [7, 11) is -9.16. The normalized spacial score (nSPS) is 26.0. The lowest BCUT2D eigenvalue weighted by Gasteiger charge is -2.39. The zero-order chi connectivity index (χ0) is 24.8. The second kappa shape index (κ2) is 11.4. The van der Waals surface area contributed by atoms with Crippen LogP contribution < -0.4 is 0 Å². The third kappa shape index (κ3) is 5.58. The Hall–Kier alpha value is -1.98. The molecule has 9 nitrogen and oxygen atoms in total. The molecule has 0 aromatic heterocycles. The Balaban J connectivity index is 2.75. The van der Waals surface area contributed by atoms with Gasteiger partial charge in [0, 0.05) is 12.5 Å². The van der Waals surface area contributed by atoms with Crippen LogP contribution in [-0.4, -0.2) is 81.6 Å². The third-order valence-corrected chi connectivity index (χ3v) is 11.8. The second-order valence-corrected chi connectivity index (χ2v) is 12.5. The Morgan fingerprint density at radius 3 is 1.67 bits per heavy atom. The molecule has 1 aliphatic heterocycles. The maximum atomic E-state index is 13.7. The van der Waals surface area contributed by atoms with Crippen LogP contribution in [0.1, 0.15) is 45.6 Å². The van der Waals surface area contributed by atoms with Crippen LogP contribution in [0.4, 0.5) is 0 Å². The van der Waals surface area contributed by atoms with Crippen LogP contribution in [0.2, 0.25) is 0 Å². The summed E-state index contributed by atoms with van der Waals surface area (Å²) in [4.78, 5) is 27.8. The first kappa shape index (κ1) is 27.3. The van der Waals surface area contributed by atoms with Crippen LogP contribution in [0.15, 0.2) is 30.3 Å². The summed E-state index contributed by atoms with van der Waals surface area (Å²) in [5, 5.41) is -3.70. The largest absolute Gasteiger partial charge is 0.465 e. The maximum Gasteiger partial charge on any atom is 0.325 e. The predicted octanol–water partition coefficient (Wildman–Crippen LogP) is 1.53. The zero-order valence-corrected chi connectivity index (χ0v) is 21.1. The summed E-state index contributed by atoms with van der Waals surface area (Å²) < 4.78 is 63.0. The number of sulfone groups is 2. The number of benzene rings is 1. The Bertz CT molecular complexity index is 964. The number of nitrogens with zero attached hydrogens (tertiary/aromatic N) is 1. The van der Waals surface area contributed by atoms with Gasteiger partial charge in [-0.1, -0.05) is 44.2 Å². The summed E-state index contributed by atoms with van der Waals surface area (Å²) in [6, 6.07) is 7.85. The smallest absolute Gasteiger partial charge is 0.325 e. The molecule has 0 amide bonds. The molecule has 1 fully saturated rings. The van der Waals surface area contributed by atoms with E-state index in [4.69, 9.17) is 9.47 Å². The van der Waals surface area contributed by atoms with Crippen molar-refractivity contribution in [2.24, 2.45) is 0 Å².